The second-order valence-electron chi connectivity index (χ2n) is 4.77. The third-order valence-electron chi connectivity index (χ3n) is 3.10. The largest absolute Gasteiger partial charge is 0.364 e. The molecule has 19 heavy (non-hydrogen) atoms. The molecule has 2 aromatic rings. The van der Waals surface area contributed by atoms with Gasteiger partial charge in [0, 0.05) is 12.5 Å². The van der Waals surface area contributed by atoms with Crippen molar-refractivity contribution in [2.24, 2.45) is 0 Å². The highest BCUT2D eigenvalue weighted by atomic mass is 16.2. The van der Waals surface area contributed by atoms with Gasteiger partial charge in [0.2, 0.25) is 0 Å². The molecule has 0 spiro atoms. The van der Waals surface area contributed by atoms with E-state index in [2.05, 4.69) is 34.5 Å². The minimum absolute atomic E-state index is 0.287. The van der Waals surface area contributed by atoms with Gasteiger partial charge in [-0.15, -0.1) is 0 Å². The summed E-state index contributed by atoms with van der Waals surface area (Å²) in [6.07, 6.45) is 4.20. The van der Waals surface area contributed by atoms with E-state index in [1.54, 1.807) is 0 Å². The fraction of sp³-hybridized carbons (Fsp3) is 0.615. The average Bonchev–Trinajstić information content (AvgIpc) is 2.78. The first-order valence-electron chi connectivity index (χ1n) is 6.91. The molecule has 0 amide bonds. The monoisotopic (exact) mass is 263 g/mol. The van der Waals surface area contributed by atoms with Crippen LogP contribution in [0.15, 0.2) is 16.9 Å². The molecule has 0 saturated carbocycles. The molecule has 0 aliphatic rings. The third-order valence-corrected chi connectivity index (χ3v) is 3.10. The fourth-order valence-corrected chi connectivity index (χ4v) is 2.18. The van der Waals surface area contributed by atoms with E-state index in [1.165, 1.54) is 4.52 Å². The van der Waals surface area contributed by atoms with Crippen molar-refractivity contribution >= 4 is 5.65 Å². The first-order chi connectivity index (χ1) is 9.24. The maximum Gasteiger partial charge on any atom is 0.364 e. The van der Waals surface area contributed by atoms with Crippen molar-refractivity contribution in [3.05, 3.63) is 28.3 Å². The summed E-state index contributed by atoms with van der Waals surface area (Å²) >= 11 is 0. The van der Waals surface area contributed by atoms with Crippen LogP contribution in [0.5, 0.6) is 0 Å². The third kappa shape index (κ3) is 3.41. The zero-order chi connectivity index (χ0) is 13.7. The Kier molecular flexibility index (Phi) is 4.68. The number of H-pyrrole nitrogens is 1. The zero-order valence-electron chi connectivity index (χ0n) is 11.5. The van der Waals surface area contributed by atoms with Crippen LogP contribution in [0, 0.1) is 0 Å². The van der Waals surface area contributed by atoms with Crippen LogP contribution in [0.1, 0.15) is 38.8 Å². The molecule has 0 saturated heterocycles. The molecule has 0 aliphatic heterocycles. The van der Waals surface area contributed by atoms with E-state index in [0.717, 1.165) is 37.9 Å². The first kappa shape index (κ1) is 13.7. The molecule has 104 valence electrons. The van der Waals surface area contributed by atoms with Crippen LogP contribution in [0.3, 0.4) is 0 Å². The van der Waals surface area contributed by atoms with E-state index >= 15 is 0 Å². The van der Waals surface area contributed by atoms with Gasteiger partial charge in [-0.05, 0) is 31.5 Å². The molecule has 0 aliphatic carbocycles. The Hall–Kier alpha value is -1.69. The number of hydrogen-bond acceptors (Lipinski definition) is 4. The Morgan fingerprint density at radius 1 is 1.37 bits per heavy atom. The average molecular weight is 263 g/mol. The topological polar surface area (TPSA) is 75.1 Å². The lowest BCUT2D eigenvalue weighted by Gasteiger charge is -2.17. The van der Waals surface area contributed by atoms with Crippen LogP contribution in [0.4, 0.5) is 0 Å². The van der Waals surface area contributed by atoms with Crippen LogP contribution in [-0.2, 0) is 6.42 Å². The predicted molar refractivity (Wildman–Crippen MR) is 74.3 cm³/mol. The van der Waals surface area contributed by atoms with Gasteiger partial charge in [0.25, 0.3) is 0 Å². The molecule has 2 aromatic heterocycles. The Labute approximate surface area is 112 Å². The molecule has 1 atom stereocenters. The SMILES string of the molecule is CCCNC(CCC)Cc1ccc2n[nH]c(=O)n2n1. The number of nitrogens with zero attached hydrogens (tertiary/aromatic N) is 3. The van der Waals surface area contributed by atoms with Gasteiger partial charge in [0.05, 0.1) is 5.69 Å². The smallest absolute Gasteiger partial charge is 0.314 e. The Balaban J connectivity index is 2.13. The quantitative estimate of drug-likeness (QED) is 0.785. The van der Waals surface area contributed by atoms with Crippen LogP contribution in [0.2, 0.25) is 0 Å². The molecule has 0 bridgehead atoms. The molecule has 6 heteroatoms. The fourth-order valence-electron chi connectivity index (χ4n) is 2.18. The summed E-state index contributed by atoms with van der Waals surface area (Å²) in [5.41, 5.74) is 1.19. The Morgan fingerprint density at radius 2 is 2.21 bits per heavy atom. The first-order valence-corrected chi connectivity index (χ1v) is 6.91. The normalized spacial score (nSPS) is 12.9. The van der Waals surface area contributed by atoms with Crippen molar-refractivity contribution in [2.45, 2.75) is 45.6 Å². The van der Waals surface area contributed by atoms with Gasteiger partial charge in [-0.1, -0.05) is 20.3 Å². The van der Waals surface area contributed by atoms with Gasteiger partial charge in [0.1, 0.15) is 0 Å². The second-order valence-corrected chi connectivity index (χ2v) is 4.77. The van der Waals surface area contributed by atoms with E-state index in [-0.39, 0.29) is 5.69 Å². The van der Waals surface area contributed by atoms with E-state index < -0.39 is 0 Å². The highest BCUT2D eigenvalue weighted by Gasteiger charge is 2.10. The van der Waals surface area contributed by atoms with Crippen molar-refractivity contribution in [3.63, 3.8) is 0 Å². The van der Waals surface area contributed by atoms with Gasteiger partial charge < -0.3 is 5.32 Å². The molecule has 2 N–H and O–H groups in total. The van der Waals surface area contributed by atoms with Crippen LogP contribution >= 0.6 is 0 Å². The second kappa shape index (κ2) is 6.47. The van der Waals surface area contributed by atoms with Gasteiger partial charge in [0.15, 0.2) is 5.65 Å². The summed E-state index contributed by atoms with van der Waals surface area (Å²) in [4.78, 5) is 11.5. The van der Waals surface area contributed by atoms with Crippen molar-refractivity contribution in [1.82, 2.24) is 25.1 Å². The Morgan fingerprint density at radius 3 is 2.95 bits per heavy atom. The maximum atomic E-state index is 11.5. The van der Waals surface area contributed by atoms with Crippen molar-refractivity contribution in [2.75, 3.05) is 6.54 Å². The minimum atomic E-state index is -0.287. The molecule has 2 rings (SSSR count). The number of rotatable bonds is 7. The van der Waals surface area contributed by atoms with Crippen LogP contribution in [-0.4, -0.2) is 32.4 Å². The van der Waals surface area contributed by atoms with Crippen molar-refractivity contribution < 1.29 is 0 Å². The summed E-state index contributed by atoms with van der Waals surface area (Å²) in [6, 6.07) is 4.17. The number of nitrogens with one attached hydrogen (secondary N) is 2. The van der Waals surface area contributed by atoms with Crippen molar-refractivity contribution in [3.8, 4) is 0 Å². The lowest BCUT2D eigenvalue weighted by Crippen LogP contribution is -2.32. The molecule has 0 fully saturated rings. The molecule has 6 nitrogen and oxygen atoms in total. The minimum Gasteiger partial charge on any atom is -0.314 e. The van der Waals surface area contributed by atoms with Gasteiger partial charge >= 0.3 is 5.69 Å². The van der Waals surface area contributed by atoms with E-state index in [9.17, 15) is 4.79 Å². The highest BCUT2D eigenvalue weighted by Crippen LogP contribution is 2.06. The van der Waals surface area contributed by atoms with E-state index in [4.69, 9.17) is 0 Å². The van der Waals surface area contributed by atoms with Crippen molar-refractivity contribution in [1.29, 1.82) is 0 Å². The van der Waals surface area contributed by atoms with Gasteiger partial charge in [-0.25, -0.2) is 9.89 Å². The summed E-state index contributed by atoms with van der Waals surface area (Å²) in [5, 5.41) is 14.1. The Bertz CT molecular complexity index is 574. The number of aromatic amines is 1. The molecule has 0 aromatic carbocycles. The number of aromatic nitrogens is 4. The number of hydrogen-bond donors (Lipinski definition) is 2. The number of fused-ring (bicyclic) bond motifs is 1. The summed E-state index contributed by atoms with van der Waals surface area (Å²) in [5.74, 6) is 0. The highest BCUT2D eigenvalue weighted by molar-refractivity contribution is 5.34. The molecule has 1 unspecified atom stereocenters. The standard InChI is InChI=1S/C13H21N5O/c1-3-5-10(14-8-4-2)9-11-6-7-12-15-16-13(19)18(12)17-11/h6-7,10,14H,3-5,8-9H2,1-2H3,(H,16,19). The summed E-state index contributed by atoms with van der Waals surface area (Å²) in [7, 11) is 0. The zero-order valence-corrected chi connectivity index (χ0v) is 11.5. The molecule has 2 heterocycles. The summed E-state index contributed by atoms with van der Waals surface area (Å²) in [6.45, 7) is 5.35. The predicted octanol–water partition coefficient (Wildman–Crippen LogP) is 1.13. The molecule has 0 radical (unpaired) electrons. The van der Waals surface area contributed by atoms with E-state index in [0.29, 0.717) is 11.7 Å². The lowest BCUT2D eigenvalue weighted by atomic mass is 10.1. The van der Waals surface area contributed by atoms with Gasteiger partial charge in [-0.3, -0.25) is 0 Å². The van der Waals surface area contributed by atoms with Crippen LogP contribution < -0.4 is 11.0 Å². The maximum absolute atomic E-state index is 11.5. The van der Waals surface area contributed by atoms with Crippen LogP contribution in [0.25, 0.3) is 5.65 Å². The van der Waals surface area contributed by atoms with Gasteiger partial charge in [-0.2, -0.15) is 14.7 Å². The summed E-state index contributed by atoms with van der Waals surface area (Å²) < 4.78 is 1.32. The lowest BCUT2D eigenvalue weighted by molar-refractivity contribution is 0.467. The van der Waals surface area contributed by atoms with E-state index in [1.807, 2.05) is 12.1 Å². The molecular weight excluding hydrogens is 242 g/mol. The molecular formula is C13H21N5O.